The number of ether oxygens (including phenoxy) is 2. The Morgan fingerprint density at radius 3 is 2.71 bits per heavy atom. The molecular weight excluding hydrogens is 424 g/mol. The van der Waals surface area contributed by atoms with E-state index in [2.05, 4.69) is 28.2 Å². The van der Waals surface area contributed by atoms with Crippen LogP contribution < -0.4 is 20.2 Å². The molecular formula is C21H19BrN2O4. The highest BCUT2D eigenvalue weighted by Gasteiger charge is 2.25. The van der Waals surface area contributed by atoms with Gasteiger partial charge in [0.05, 0.1) is 25.4 Å². The molecule has 2 aromatic carbocycles. The first-order chi connectivity index (χ1) is 13.4. The highest BCUT2D eigenvalue weighted by atomic mass is 79.9. The Morgan fingerprint density at radius 1 is 1.21 bits per heavy atom. The molecule has 28 heavy (non-hydrogen) atoms. The van der Waals surface area contributed by atoms with Crippen molar-refractivity contribution in [1.82, 2.24) is 4.57 Å². The highest BCUT2D eigenvalue weighted by Crippen LogP contribution is 2.34. The first-order valence-electron chi connectivity index (χ1n) is 8.83. The molecule has 6 nitrogen and oxygen atoms in total. The summed E-state index contributed by atoms with van der Waals surface area (Å²) in [5.74, 6) is 0.594. The lowest BCUT2D eigenvalue weighted by Crippen LogP contribution is -2.24. The average Bonchev–Trinajstić information content (AvgIpc) is 2.99. The molecule has 0 unspecified atom stereocenters. The number of benzene rings is 2. The Balaban J connectivity index is 1.80. The lowest BCUT2D eigenvalue weighted by atomic mass is 10.1. The summed E-state index contributed by atoms with van der Waals surface area (Å²) >= 11 is 3.47. The van der Waals surface area contributed by atoms with Crippen molar-refractivity contribution in [3.05, 3.63) is 62.4 Å². The van der Waals surface area contributed by atoms with Crippen molar-refractivity contribution in [2.75, 3.05) is 19.5 Å². The molecule has 144 valence electrons. The fraction of sp³-hybridized carbons (Fsp3) is 0.238. The van der Waals surface area contributed by atoms with Gasteiger partial charge in [0.1, 0.15) is 17.1 Å². The Bertz CT molecular complexity index is 1170. The normalized spacial score (nSPS) is 14.9. The fourth-order valence-electron chi connectivity index (χ4n) is 3.71. The number of methoxy groups -OCH3 is 2. The highest BCUT2D eigenvalue weighted by molar-refractivity contribution is 9.10. The lowest BCUT2D eigenvalue weighted by Gasteiger charge is -2.14. The maximum absolute atomic E-state index is 13.1. The third-order valence-corrected chi connectivity index (χ3v) is 5.52. The Kier molecular flexibility index (Phi) is 4.63. The maximum atomic E-state index is 13.1. The number of aromatic nitrogens is 1. The summed E-state index contributed by atoms with van der Waals surface area (Å²) in [4.78, 5) is 26.0. The van der Waals surface area contributed by atoms with Crippen LogP contribution in [0.5, 0.6) is 11.5 Å². The summed E-state index contributed by atoms with van der Waals surface area (Å²) in [7, 11) is 3.07. The summed E-state index contributed by atoms with van der Waals surface area (Å²) < 4.78 is 13.4. The molecule has 1 aliphatic heterocycles. The SMILES string of the molecule is COc1ccc(NC(=O)c2cn3c4c(cc(Br)cc4c2=O)C[C@H]3C)c(OC)c1. The van der Waals surface area contributed by atoms with Crippen LogP contribution in [-0.2, 0) is 6.42 Å². The predicted molar refractivity (Wildman–Crippen MR) is 112 cm³/mol. The Hall–Kier alpha value is -2.80. The van der Waals surface area contributed by atoms with E-state index in [1.165, 1.54) is 7.11 Å². The van der Waals surface area contributed by atoms with Crippen LogP contribution in [0.2, 0.25) is 0 Å². The third-order valence-electron chi connectivity index (χ3n) is 5.06. The van der Waals surface area contributed by atoms with Gasteiger partial charge in [-0.1, -0.05) is 15.9 Å². The standard InChI is InChI=1S/C21H19BrN2O4/c1-11-6-12-7-13(22)8-15-19(12)24(11)10-16(20(15)25)21(26)23-17-5-4-14(27-2)9-18(17)28-3/h4-5,7-11H,6H2,1-3H3,(H,23,26)/t11-/m1/s1. The van der Waals surface area contributed by atoms with Gasteiger partial charge in [0.25, 0.3) is 5.91 Å². The van der Waals surface area contributed by atoms with E-state index >= 15 is 0 Å². The number of rotatable bonds is 4. The molecule has 1 aromatic heterocycles. The average molecular weight is 443 g/mol. The van der Waals surface area contributed by atoms with Gasteiger partial charge in [-0.25, -0.2) is 0 Å². The minimum Gasteiger partial charge on any atom is -0.497 e. The number of hydrogen-bond donors (Lipinski definition) is 1. The van der Waals surface area contributed by atoms with Crippen molar-refractivity contribution >= 4 is 38.4 Å². The van der Waals surface area contributed by atoms with E-state index in [0.717, 1.165) is 22.0 Å². The molecule has 1 N–H and O–H groups in total. The van der Waals surface area contributed by atoms with Crippen molar-refractivity contribution in [2.24, 2.45) is 0 Å². The molecule has 1 atom stereocenters. The summed E-state index contributed by atoms with van der Waals surface area (Å²) in [6.45, 7) is 2.08. The third kappa shape index (κ3) is 2.96. The van der Waals surface area contributed by atoms with Crippen LogP contribution in [0.3, 0.4) is 0 Å². The smallest absolute Gasteiger partial charge is 0.261 e. The van der Waals surface area contributed by atoms with Crippen LogP contribution in [0.4, 0.5) is 5.69 Å². The molecule has 0 spiro atoms. The topological polar surface area (TPSA) is 69.6 Å². The molecule has 4 rings (SSSR count). The number of hydrogen-bond acceptors (Lipinski definition) is 4. The molecule has 7 heteroatoms. The maximum Gasteiger partial charge on any atom is 0.261 e. The zero-order valence-corrected chi connectivity index (χ0v) is 17.3. The van der Waals surface area contributed by atoms with Crippen molar-refractivity contribution < 1.29 is 14.3 Å². The van der Waals surface area contributed by atoms with Gasteiger partial charge in [-0.15, -0.1) is 0 Å². The van der Waals surface area contributed by atoms with E-state index < -0.39 is 5.91 Å². The van der Waals surface area contributed by atoms with Crippen LogP contribution in [0, 0.1) is 0 Å². The van der Waals surface area contributed by atoms with Crippen LogP contribution in [0.25, 0.3) is 10.9 Å². The van der Waals surface area contributed by atoms with Gasteiger partial charge >= 0.3 is 0 Å². The molecule has 1 aliphatic rings. The molecule has 0 aliphatic carbocycles. The van der Waals surface area contributed by atoms with E-state index in [4.69, 9.17) is 9.47 Å². The summed E-state index contributed by atoms with van der Waals surface area (Å²) in [6.07, 6.45) is 2.48. The molecule has 0 saturated heterocycles. The number of carbonyl (C=O) groups excluding carboxylic acids is 1. The van der Waals surface area contributed by atoms with Gasteiger partial charge in [-0.05, 0) is 43.2 Å². The predicted octanol–water partition coefficient (Wildman–Crippen LogP) is 4.15. The van der Waals surface area contributed by atoms with Gasteiger partial charge in [-0.3, -0.25) is 9.59 Å². The van der Waals surface area contributed by atoms with Crippen LogP contribution in [-0.4, -0.2) is 24.7 Å². The Morgan fingerprint density at radius 2 is 2.00 bits per heavy atom. The monoisotopic (exact) mass is 442 g/mol. The number of anilines is 1. The van der Waals surface area contributed by atoms with Gasteiger partial charge in [0.2, 0.25) is 5.43 Å². The molecule has 0 radical (unpaired) electrons. The molecule has 0 saturated carbocycles. The first-order valence-corrected chi connectivity index (χ1v) is 9.63. The number of carbonyl (C=O) groups is 1. The summed E-state index contributed by atoms with van der Waals surface area (Å²) in [5, 5.41) is 3.33. The van der Waals surface area contributed by atoms with E-state index in [1.54, 1.807) is 37.6 Å². The van der Waals surface area contributed by atoms with Crippen LogP contribution >= 0.6 is 15.9 Å². The van der Waals surface area contributed by atoms with Gasteiger partial charge in [0.15, 0.2) is 0 Å². The number of nitrogens with one attached hydrogen (secondary N) is 1. The van der Waals surface area contributed by atoms with Gasteiger partial charge in [-0.2, -0.15) is 0 Å². The Labute approximate surface area is 170 Å². The number of nitrogens with zero attached hydrogens (tertiary/aromatic N) is 1. The van der Waals surface area contributed by atoms with E-state index in [1.807, 2.05) is 10.6 Å². The molecule has 2 heterocycles. The molecule has 0 bridgehead atoms. The van der Waals surface area contributed by atoms with Crippen molar-refractivity contribution in [2.45, 2.75) is 19.4 Å². The second kappa shape index (κ2) is 6.98. The summed E-state index contributed by atoms with van der Waals surface area (Å²) in [5.41, 5.74) is 2.30. The second-order valence-electron chi connectivity index (χ2n) is 6.81. The van der Waals surface area contributed by atoms with Gasteiger partial charge < -0.3 is 19.4 Å². The van der Waals surface area contributed by atoms with Crippen LogP contribution in [0.15, 0.2) is 45.8 Å². The lowest BCUT2D eigenvalue weighted by molar-refractivity contribution is 0.102. The quantitative estimate of drug-likeness (QED) is 0.658. The molecule has 1 amide bonds. The molecule has 0 fully saturated rings. The van der Waals surface area contributed by atoms with Crippen molar-refractivity contribution in [3.63, 3.8) is 0 Å². The number of pyridine rings is 1. The van der Waals surface area contributed by atoms with E-state index in [9.17, 15) is 9.59 Å². The first kappa shape index (κ1) is 18.6. The minimum atomic E-state index is -0.472. The van der Waals surface area contributed by atoms with Gasteiger partial charge in [0, 0.05) is 28.2 Å². The van der Waals surface area contributed by atoms with Crippen molar-refractivity contribution in [3.8, 4) is 11.5 Å². The van der Waals surface area contributed by atoms with E-state index in [-0.39, 0.29) is 17.0 Å². The van der Waals surface area contributed by atoms with E-state index in [0.29, 0.717) is 22.6 Å². The molecule has 3 aromatic rings. The zero-order chi connectivity index (χ0) is 20.0. The fourth-order valence-corrected chi connectivity index (χ4v) is 4.22. The zero-order valence-electron chi connectivity index (χ0n) is 15.7. The second-order valence-corrected chi connectivity index (χ2v) is 7.73. The number of halogens is 1. The van der Waals surface area contributed by atoms with Crippen LogP contribution in [0.1, 0.15) is 28.9 Å². The van der Waals surface area contributed by atoms with Crippen molar-refractivity contribution in [1.29, 1.82) is 0 Å². The minimum absolute atomic E-state index is 0.100. The largest absolute Gasteiger partial charge is 0.497 e. The summed E-state index contributed by atoms with van der Waals surface area (Å²) in [6, 6.07) is 9.06. The number of amides is 1.